The van der Waals surface area contributed by atoms with Crippen molar-refractivity contribution < 1.29 is 27.1 Å². The van der Waals surface area contributed by atoms with Crippen molar-refractivity contribution in [2.24, 2.45) is 5.41 Å². The molecule has 1 saturated carbocycles. The number of sulfonamides is 1. The van der Waals surface area contributed by atoms with Crippen LogP contribution >= 0.6 is 0 Å². The first-order valence-corrected chi connectivity index (χ1v) is 11.6. The van der Waals surface area contributed by atoms with E-state index in [0.29, 0.717) is 25.3 Å². The van der Waals surface area contributed by atoms with Crippen LogP contribution in [0.2, 0.25) is 0 Å². The van der Waals surface area contributed by atoms with Crippen LogP contribution in [-0.2, 0) is 14.8 Å². The van der Waals surface area contributed by atoms with Gasteiger partial charge in [-0.15, -0.1) is 0 Å². The van der Waals surface area contributed by atoms with Crippen LogP contribution in [0, 0.1) is 5.41 Å². The van der Waals surface area contributed by atoms with Crippen molar-refractivity contribution in [3.8, 4) is 0 Å². The molecule has 166 valence electrons. The molecule has 0 bridgehead atoms. The monoisotopic (exact) mass is 451 g/mol. The van der Waals surface area contributed by atoms with Crippen molar-refractivity contribution >= 4 is 21.8 Å². The molecule has 10 heteroatoms. The topological polar surface area (TPSA) is 90.8 Å². The van der Waals surface area contributed by atoms with Gasteiger partial charge in [0.1, 0.15) is 5.82 Å². The molecule has 0 amide bonds. The van der Waals surface area contributed by atoms with Gasteiger partial charge >= 0.3 is 5.97 Å². The molecule has 2 aromatic rings. The van der Waals surface area contributed by atoms with Crippen LogP contribution in [0.1, 0.15) is 29.9 Å². The van der Waals surface area contributed by atoms with Crippen LogP contribution in [0.25, 0.3) is 0 Å². The van der Waals surface area contributed by atoms with Crippen LogP contribution in [0.15, 0.2) is 48.7 Å². The summed E-state index contributed by atoms with van der Waals surface area (Å²) in [4.78, 5) is 17.9. The summed E-state index contributed by atoms with van der Waals surface area (Å²) in [7, 11) is -3.78. The van der Waals surface area contributed by atoms with E-state index >= 15 is 0 Å². The minimum Gasteiger partial charge on any atom is -0.481 e. The number of anilines is 1. The lowest BCUT2D eigenvalue weighted by Crippen LogP contribution is -2.50. The number of benzene rings is 1. The van der Waals surface area contributed by atoms with Gasteiger partial charge in [-0.3, -0.25) is 4.79 Å². The number of nitrogens with zero attached hydrogens (tertiary/aromatic N) is 3. The number of aliphatic carboxylic acids is 1. The van der Waals surface area contributed by atoms with Gasteiger partial charge in [0.15, 0.2) is 0 Å². The predicted molar refractivity (Wildman–Crippen MR) is 111 cm³/mol. The van der Waals surface area contributed by atoms with Crippen molar-refractivity contribution in [3.63, 3.8) is 0 Å². The number of piperazine rings is 1. The first kappa shape index (κ1) is 21.6. The van der Waals surface area contributed by atoms with E-state index in [0.717, 1.165) is 11.8 Å². The molecule has 2 atom stereocenters. The average molecular weight is 451 g/mol. The van der Waals surface area contributed by atoms with E-state index in [9.17, 15) is 27.1 Å². The second-order valence-corrected chi connectivity index (χ2v) is 9.99. The Labute approximate surface area is 179 Å². The number of carboxylic acids is 1. The molecule has 2 aliphatic rings. The lowest BCUT2D eigenvalue weighted by atomic mass is 10.0. The molecule has 1 aliphatic heterocycles. The number of hydrogen-bond acceptors (Lipinski definition) is 5. The molecule has 1 aromatic carbocycles. The highest BCUT2D eigenvalue weighted by atomic mass is 32.2. The van der Waals surface area contributed by atoms with Crippen LogP contribution in [-0.4, -0.2) is 60.7 Å². The summed E-state index contributed by atoms with van der Waals surface area (Å²) in [6.45, 7) is 1.07. The predicted octanol–water partition coefficient (Wildman–Crippen LogP) is 2.73. The molecule has 2 heterocycles. The fourth-order valence-corrected chi connectivity index (χ4v) is 6.21. The van der Waals surface area contributed by atoms with E-state index in [2.05, 4.69) is 4.98 Å². The third kappa shape index (κ3) is 4.27. The van der Waals surface area contributed by atoms with Crippen LogP contribution in [0.4, 0.5) is 14.6 Å². The summed E-state index contributed by atoms with van der Waals surface area (Å²) in [6.07, 6.45) is -1.17. The molecule has 2 fully saturated rings. The molecule has 1 N–H and O–H groups in total. The number of carbonyl (C=O) groups is 1. The first-order chi connectivity index (χ1) is 14.7. The molecule has 1 saturated heterocycles. The van der Waals surface area contributed by atoms with E-state index in [4.69, 9.17) is 0 Å². The summed E-state index contributed by atoms with van der Waals surface area (Å²) in [6, 6.07) is 11.9. The fraction of sp³-hybridized carbons (Fsp3) is 0.429. The van der Waals surface area contributed by atoms with Gasteiger partial charge in [0.2, 0.25) is 10.0 Å². The van der Waals surface area contributed by atoms with Crippen molar-refractivity contribution in [1.82, 2.24) is 9.29 Å². The molecule has 4 rings (SSSR count). The molecule has 0 radical (unpaired) electrons. The van der Waals surface area contributed by atoms with Crippen molar-refractivity contribution in [2.75, 3.05) is 36.8 Å². The highest BCUT2D eigenvalue weighted by Gasteiger charge is 2.63. The Morgan fingerprint density at radius 1 is 1.13 bits per heavy atom. The largest absolute Gasteiger partial charge is 0.481 e. The standard InChI is InChI=1S/C21H23F2N3O4S/c22-19(23)16-6-7-18(24-13-16)25-8-10-26(11-9-25)31(29,30)14-21(20(27)28)12-17(21)15-4-2-1-3-5-15/h1-7,13,17,19H,8-12,14H2,(H,27,28). The lowest BCUT2D eigenvalue weighted by Gasteiger charge is -2.35. The average Bonchev–Trinajstić information content (AvgIpc) is 3.49. The summed E-state index contributed by atoms with van der Waals surface area (Å²) in [5, 5.41) is 9.80. The van der Waals surface area contributed by atoms with Crippen molar-refractivity contribution in [2.45, 2.75) is 18.8 Å². The van der Waals surface area contributed by atoms with Gasteiger partial charge in [-0.2, -0.15) is 4.31 Å². The summed E-state index contributed by atoms with van der Waals surface area (Å²) < 4.78 is 52.8. The second-order valence-electron chi connectivity index (χ2n) is 8.02. The normalized spacial score (nSPS) is 24.4. The third-order valence-electron chi connectivity index (χ3n) is 6.12. The molecule has 31 heavy (non-hydrogen) atoms. The van der Waals surface area contributed by atoms with Gasteiger partial charge in [0.05, 0.1) is 11.2 Å². The van der Waals surface area contributed by atoms with Gasteiger partial charge in [-0.1, -0.05) is 30.3 Å². The Morgan fingerprint density at radius 2 is 1.81 bits per heavy atom. The number of rotatable bonds is 7. The number of pyridine rings is 1. The minimum absolute atomic E-state index is 0.165. The highest BCUT2D eigenvalue weighted by Crippen LogP contribution is 2.60. The Morgan fingerprint density at radius 3 is 2.35 bits per heavy atom. The molecular formula is C21H23F2N3O4S. The zero-order valence-electron chi connectivity index (χ0n) is 16.7. The second kappa shape index (κ2) is 8.16. The zero-order valence-corrected chi connectivity index (χ0v) is 17.5. The van der Waals surface area contributed by atoms with Crippen LogP contribution in [0.3, 0.4) is 0 Å². The Kier molecular flexibility index (Phi) is 5.69. The van der Waals surface area contributed by atoms with E-state index in [1.54, 1.807) is 0 Å². The number of carboxylic acid groups (broad SMARTS) is 1. The molecule has 1 aromatic heterocycles. The number of hydrogen-bond donors (Lipinski definition) is 1. The maximum absolute atomic E-state index is 13.0. The minimum atomic E-state index is -3.78. The van der Waals surface area contributed by atoms with Gasteiger partial charge in [-0.05, 0) is 24.1 Å². The molecule has 0 spiro atoms. The Balaban J connectivity index is 1.41. The first-order valence-electron chi connectivity index (χ1n) is 9.98. The summed E-state index contributed by atoms with van der Waals surface area (Å²) in [5.74, 6) is -1.34. The Hall–Kier alpha value is -2.59. The molecule has 1 aliphatic carbocycles. The van der Waals surface area contributed by atoms with Crippen molar-refractivity contribution in [3.05, 3.63) is 59.8 Å². The molecule has 7 nitrogen and oxygen atoms in total. The highest BCUT2D eigenvalue weighted by molar-refractivity contribution is 7.89. The fourth-order valence-electron chi connectivity index (χ4n) is 4.21. The molecule has 2 unspecified atom stereocenters. The quantitative estimate of drug-likeness (QED) is 0.696. The van der Waals surface area contributed by atoms with Gasteiger partial charge < -0.3 is 10.0 Å². The van der Waals surface area contributed by atoms with Crippen LogP contribution in [0.5, 0.6) is 0 Å². The maximum Gasteiger partial charge on any atom is 0.311 e. The van der Waals surface area contributed by atoms with Crippen molar-refractivity contribution in [1.29, 1.82) is 0 Å². The van der Waals surface area contributed by atoms with Gasteiger partial charge in [0.25, 0.3) is 6.43 Å². The number of alkyl halides is 2. The number of aromatic nitrogens is 1. The summed E-state index contributed by atoms with van der Waals surface area (Å²) >= 11 is 0. The summed E-state index contributed by atoms with van der Waals surface area (Å²) in [5.41, 5.74) is -0.631. The van der Waals surface area contributed by atoms with E-state index < -0.39 is 33.6 Å². The van der Waals surface area contributed by atoms with Crippen LogP contribution < -0.4 is 4.90 Å². The SMILES string of the molecule is O=C(O)C1(CS(=O)(=O)N2CCN(c3ccc(C(F)F)cn3)CC2)CC1c1ccccc1. The van der Waals surface area contributed by atoms with E-state index in [1.807, 2.05) is 35.2 Å². The molecular weight excluding hydrogens is 428 g/mol. The smallest absolute Gasteiger partial charge is 0.311 e. The van der Waals surface area contributed by atoms with E-state index in [1.165, 1.54) is 16.4 Å². The third-order valence-corrected chi connectivity index (χ3v) is 8.15. The van der Waals surface area contributed by atoms with Gasteiger partial charge in [0, 0.05) is 43.9 Å². The van der Waals surface area contributed by atoms with Gasteiger partial charge in [-0.25, -0.2) is 22.2 Å². The maximum atomic E-state index is 13.0. The van der Waals surface area contributed by atoms with E-state index in [-0.39, 0.29) is 24.6 Å². The zero-order chi connectivity index (χ0) is 22.2. The number of halogens is 2. The Bertz CT molecular complexity index is 1040. The lowest BCUT2D eigenvalue weighted by molar-refractivity contribution is -0.142.